The van der Waals surface area contributed by atoms with Gasteiger partial charge < -0.3 is 5.32 Å². The molecule has 21 heavy (non-hydrogen) atoms. The van der Waals surface area contributed by atoms with E-state index >= 15 is 0 Å². The van der Waals surface area contributed by atoms with Crippen LogP contribution in [0.5, 0.6) is 0 Å². The highest BCUT2D eigenvalue weighted by molar-refractivity contribution is 5.40. The van der Waals surface area contributed by atoms with Crippen LogP contribution in [0.4, 0.5) is 5.69 Å². The summed E-state index contributed by atoms with van der Waals surface area (Å²) in [7, 11) is 0. The molecule has 0 saturated carbocycles. The highest BCUT2D eigenvalue weighted by Gasteiger charge is 2.14. The largest absolute Gasteiger partial charge is 0.310 e. The van der Waals surface area contributed by atoms with E-state index in [9.17, 15) is 10.1 Å². The lowest BCUT2D eigenvalue weighted by Gasteiger charge is -2.19. The summed E-state index contributed by atoms with van der Waals surface area (Å²) in [5.41, 5.74) is 3.48. The fraction of sp³-hybridized carbons (Fsp3) is 0.294. The van der Waals surface area contributed by atoms with E-state index in [2.05, 4.69) is 24.4 Å². The molecule has 0 aliphatic heterocycles. The van der Waals surface area contributed by atoms with Gasteiger partial charge in [0, 0.05) is 18.2 Å². The molecule has 2 rings (SSSR count). The average molecular weight is 284 g/mol. The lowest BCUT2D eigenvalue weighted by atomic mass is 9.96. The molecule has 0 aliphatic carbocycles. The van der Waals surface area contributed by atoms with Crippen LogP contribution in [0.1, 0.15) is 29.7 Å². The number of aryl methyl sites for hydroxylation is 1. The molecule has 0 aliphatic rings. The number of nitro groups is 1. The van der Waals surface area contributed by atoms with E-state index in [4.69, 9.17) is 0 Å². The van der Waals surface area contributed by atoms with E-state index in [1.807, 2.05) is 31.2 Å². The predicted molar refractivity (Wildman–Crippen MR) is 84.4 cm³/mol. The van der Waals surface area contributed by atoms with Crippen molar-refractivity contribution in [3.05, 3.63) is 75.3 Å². The van der Waals surface area contributed by atoms with Crippen LogP contribution in [-0.4, -0.2) is 11.5 Å². The van der Waals surface area contributed by atoms with E-state index < -0.39 is 0 Å². The quantitative estimate of drug-likeness (QED) is 0.648. The smallest absolute Gasteiger partial charge is 0.269 e. The molecule has 0 bridgehead atoms. The van der Waals surface area contributed by atoms with Crippen molar-refractivity contribution in [2.45, 2.75) is 26.3 Å². The Balaban J connectivity index is 2.23. The van der Waals surface area contributed by atoms with E-state index in [0.29, 0.717) is 0 Å². The third-order valence-corrected chi connectivity index (χ3v) is 3.61. The molecule has 0 heterocycles. The molecule has 0 radical (unpaired) electrons. The van der Waals surface area contributed by atoms with Crippen LogP contribution in [-0.2, 0) is 6.42 Å². The monoisotopic (exact) mass is 284 g/mol. The van der Waals surface area contributed by atoms with Gasteiger partial charge in [0.25, 0.3) is 5.69 Å². The number of hydrogen-bond donors (Lipinski definition) is 1. The van der Waals surface area contributed by atoms with E-state index in [1.54, 1.807) is 12.1 Å². The maximum Gasteiger partial charge on any atom is 0.269 e. The van der Waals surface area contributed by atoms with Gasteiger partial charge in [-0.05, 0) is 36.6 Å². The number of rotatable bonds is 6. The van der Waals surface area contributed by atoms with Crippen LogP contribution in [0.2, 0.25) is 0 Å². The Morgan fingerprint density at radius 3 is 2.48 bits per heavy atom. The summed E-state index contributed by atoms with van der Waals surface area (Å²) in [5.74, 6) is 0. The van der Waals surface area contributed by atoms with Gasteiger partial charge in [0.15, 0.2) is 0 Å². The number of nitrogens with one attached hydrogen (secondary N) is 1. The molecule has 0 spiro atoms. The van der Waals surface area contributed by atoms with Crippen molar-refractivity contribution in [3.63, 3.8) is 0 Å². The maximum atomic E-state index is 10.8. The van der Waals surface area contributed by atoms with Gasteiger partial charge in [0.1, 0.15) is 0 Å². The number of non-ortho nitro benzene ring substituents is 1. The summed E-state index contributed by atoms with van der Waals surface area (Å²) >= 11 is 0. The van der Waals surface area contributed by atoms with Gasteiger partial charge >= 0.3 is 0 Å². The van der Waals surface area contributed by atoms with Crippen LogP contribution in [0.15, 0.2) is 48.5 Å². The zero-order chi connectivity index (χ0) is 15.2. The van der Waals surface area contributed by atoms with Crippen LogP contribution < -0.4 is 5.32 Å². The van der Waals surface area contributed by atoms with Crippen molar-refractivity contribution >= 4 is 5.69 Å². The van der Waals surface area contributed by atoms with Crippen molar-refractivity contribution in [2.24, 2.45) is 0 Å². The Kier molecular flexibility index (Phi) is 5.06. The Labute approximate surface area is 125 Å². The highest BCUT2D eigenvalue weighted by Crippen LogP contribution is 2.23. The maximum absolute atomic E-state index is 10.8. The van der Waals surface area contributed by atoms with Crippen molar-refractivity contribution in [1.82, 2.24) is 5.32 Å². The number of likely N-dealkylation sites (N-methyl/N-ethyl adjacent to an activating group) is 1. The molecule has 2 aromatic carbocycles. The summed E-state index contributed by atoms with van der Waals surface area (Å²) in [4.78, 5) is 10.5. The Morgan fingerprint density at radius 1 is 1.19 bits per heavy atom. The van der Waals surface area contributed by atoms with Gasteiger partial charge in [0.05, 0.1) is 4.92 Å². The van der Waals surface area contributed by atoms with Crippen molar-refractivity contribution in [1.29, 1.82) is 0 Å². The molecular formula is C17H20N2O2. The summed E-state index contributed by atoms with van der Waals surface area (Å²) in [6, 6.07) is 15.6. The zero-order valence-corrected chi connectivity index (χ0v) is 12.4. The summed E-state index contributed by atoms with van der Waals surface area (Å²) in [6.45, 7) is 4.89. The second-order valence-corrected chi connectivity index (χ2v) is 5.09. The molecule has 0 fully saturated rings. The Hall–Kier alpha value is -2.20. The normalized spacial score (nSPS) is 12.1. The Morgan fingerprint density at radius 2 is 1.90 bits per heavy atom. The van der Waals surface area contributed by atoms with Gasteiger partial charge in [-0.1, -0.05) is 43.3 Å². The van der Waals surface area contributed by atoms with Crippen LogP contribution in [0.3, 0.4) is 0 Å². The third-order valence-electron chi connectivity index (χ3n) is 3.61. The number of nitrogens with zero attached hydrogens (tertiary/aromatic N) is 1. The highest BCUT2D eigenvalue weighted by atomic mass is 16.6. The molecule has 110 valence electrons. The predicted octanol–water partition coefficient (Wildman–Crippen LogP) is 3.80. The third kappa shape index (κ3) is 3.89. The van der Waals surface area contributed by atoms with Crippen LogP contribution >= 0.6 is 0 Å². The van der Waals surface area contributed by atoms with Gasteiger partial charge in [-0.25, -0.2) is 0 Å². The van der Waals surface area contributed by atoms with Crippen molar-refractivity contribution < 1.29 is 4.92 Å². The molecule has 4 heteroatoms. The first-order chi connectivity index (χ1) is 10.1. The minimum atomic E-state index is -0.351. The molecule has 0 amide bonds. The molecule has 1 atom stereocenters. The van der Waals surface area contributed by atoms with Gasteiger partial charge in [-0.15, -0.1) is 0 Å². The minimum Gasteiger partial charge on any atom is -0.310 e. The topological polar surface area (TPSA) is 55.2 Å². The Bertz CT molecular complexity index is 611. The zero-order valence-electron chi connectivity index (χ0n) is 12.4. The molecule has 0 saturated heterocycles. The lowest BCUT2D eigenvalue weighted by Crippen LogP contribution is -2.23. The van der Waals surface area contributed by atoms with Crippen molar-refractivity contribution in [2.75, 3.05) is 6.54 Å². The van der Waals surface area contributed by atoms with Crippen LogP contribution in [0.25, 0.3) is 0 Å². The molecular weight excluding hydrogens is 264 g/mol. The second-order valence-electron chi connectivity index (χ2n) is 5.09. The minimum absolute atomic E-state index is 0.149. The van der Waals surface area contributed by atoms with Crippen molar-refractivity contribution in [3.8, 4) is 0 Å². The second kappa shape index (κ2) is 6.99. The van der Waals surface area contributed by atoms with Gasteiger partial charge in [-0.3, -0.25) is 10.1 Å². The lowest BCUT2D eigenvalue weighted by molar-refractivity contribution is -0.384. The first-order valence-corrected chi connectivity index (χ1v) is 7.14. The SMILES string of the molecule is CCNC(Cc1ccc([N+](=O)[O-])cc1C)c1ccccc1. The number of hydrogen-bond acceptors (Lipinski definition) is 3. The fourth-order valence-electron chi connectivity index (χ4n) is 2.48. The summed E-state index contributed by atoms with van der Waals surface area (Å²) in [5, 5.41) is 14.3. The standard InChI is InChI=1S/C17H20N2O2/c1-3-18-17(14-7-5-4-6-8-14)12-15-9-10-16(19(20)21)11-13(15)2/h4-11,17-18H,3,12H2,1-2H3. The molecule has 2 aromatic rings. The number of nitro benzene ring substituents is 1. The fourth-order valence-corrected chi connectivity index (χ4v) is 2.48. The van der Waals surface area contributed by atoms with E-state index in [0.717, 1.165) is 24.1 Å². The van der Waals surface area contributed by atoms with E-state index in [-0.39, 0.29) is 16.7 Å². The first kappa shape index (κ1) is 15.2. The van der Waals surface area contributed by atoms with Crippen LogP contribution in [0, 0.1) is 17.0 Å². The summed E-state index contributed by atoms with van der Waals surface area (Å²) < 4.78 is 0. The summed E-state index contributed by atoms with van der Waals surface area (Å²) in [6.07, 6.45) is 0.821. The molecule has 1 unspecified atom stereocenters. The molecule has 4 nitrogen and oxygen atoms in total. The first-order valence-electron chi connectivity index (χ1n) is 7.14. The molecule has 1 N–H and O–H groups in total. The average Bonchev–Trinajstić information content (AvgIpc) is 2.49. The van der Waals surface area contributed by atoms with E-state index in [1.165, 1.54) is 5.56 Å². The van der Waals surface area contributed by atoms with Gasteiger partial charge in [0.2, 0.25) is 0 Å². The molecule has 0 aromatic heterocycles. The number of benzene rings is 2. The van der Waals surface area contributed by atoms with Gasteiger partial charge in [-0.2, -0.15) is 0 Å².